The monoisotopic (exact) mass is 283 g/mol. The van der Waals surface area contributed by atoms with Crippen LogP contribution in [0.5, 0.6) is 5.75 Å². The minimum atomic E-state index is 0.257. The average Bonchev–Trinajstić information content (AvgIpc) is 2.53. The molecule has 2 nitrogen and oxygen atoms in total. The van der Waals surface area contributed by atoms with Crippen molar-refractivity contribution in [1.29, 1.82) is 0 Å². The zero-order valence-electron chi connectivity index (χ0n) is 13.4. The molecule has 1 unspecified atom stereocenters. The Morgan fingerprint density at radius 1 is 1.05 bits per heavy atom. The van der Waals surface area contributed by atoms with Gasteiger partial charge in [0, 0.05) is 11.3 Å². The van der Waals surface area contributed by atoms with Crippen LogP contribution in [-0.2, 0) is 6.42 Å². The van der Waals surface area contributed by atoms with E-state index in [1.807, 2.05) is 12.1 Å². The maximum absolute atomic E-state index is 5.51. The summed E-state index contributed by atoms with van der Waals surface area (Å²) in [5.74, 6) is 0.948. The van der Waals surface area contributed by atoms with Crippen LogP contribution in [0, 0.1) is 6.92 Å². The number of rotatable bonds is 6. The van der Waals surface area contributed by atoms with Gasteiger partial charge >= 0.3 is 0 Å². The predicted molar refractivity (Wildman–Crippen MR) is 90.2 cm³/mol. The van der Waals surface area contributed by atoms with Crippen molar-refractivity contribution in [2.75, 3.05) is 12.4 Å². The highest BCUT2D eigenvalue weighted by molar-refractivity contribution is 5.59. The molecule has 0 bridgehead atoms. The second-order valence-corrected chi connectivity index (χ2v) is 5.31. The fourth-order valence-corrected chi connectivity index (χ4v) is 2.76. The van der Waals surface area contributed by atoms with E-state index in [0.717, 1.165) is 18.6 Å². The van der Waals surface area contributed by atoms with E-state index in [4.69, 9.17) is 4.74 Å². The van der Waals surface area contributed by atoms with E-state index in [9.17, 15) is 0 Å². The molecular formula is C19H25NO. The van der Waals surface area contributed by atoms with Crippen LogP contribution in [-0.4, -0.2) is 7.11 Å². The van der Waals surface area contributed by atoms with E-state index >= 15 is 0 Å². The van der Waals surface area contributed by atoms with Crippen molar-refractivity contribution in [3.8, 4) is 5.75 Å². The van der Waals surface area contributed by atoms with E-state index in [1.54, 1.807) is 7.11 Å². The van der Waals surface area contributed by atoms with Crippen LogP contribution in [0.4, 0.5) is 5.69 Å². The molecular weight excluding hydrogens is 258 g/mol. The molecule has 0 saturated heterocycles. The van der Waals surface area contributed by atoms with E-state index < -0.39 is 0 Å². The summed E-state index contributed by atoms with van der Waals surface area (Å²) in [6.45, 7) is 6.56. The molecule has 0 saturated carbocycles. The van der Waals surface area contributed by atoms with Gasteiger partial charge in [-0.15, -0.1) is 0 Å². The highest BCUT2D eigenvalue weighted by atomic mass is 16.5. The van der Waals surface area contributed by atoms with Gasteiger partial charge in [-0.25, -0.2) is 0 Å². The molecule has 0 heterocycles. The predicted octanol–water partition coefficient (Wildman–Crippen LogP) is 5.13. The summed E-state index contributed by atoms with van der Waals surface area (Å²) in [6, 6.07) is 15.0. The Balaban J connectivity index is 2.36. The lowest BCUT2D eigenvalue weighted by Crippen LogP contribution is -2.13. The van der Waals surface area contributed by atoms with Crippen LogP contribution < -0.4 is 10.1 Å². The van der Waals surface area contributed by atoms with Gasteiger partial charge in [0.1, 0.15) is 5.75 Å². The minimum absolute atomic E-state index is 0.257. The second kappa shape index (κ2) is 7.16. The van der Waals surface area contributed by atoms with Crippen molar-refractivity contribution in [3.05, 3.63) is 59.2 Å². The third kappa shape index (κ3) is 3.38. The molecule has 1 atom stereocenters. The summed E-state index contributed by atoms with van der Waals surface area (Å²) in [5.41, 5.74) is 5.14. The summed E-state index contributed by atoms with van der Waals surface area (Å²) in [7, 11) is 1.73. The van der Waals surface area contributed by atoms with Gasteiger partial charge in [-0.2, -0.15) is 0 Å². The molecule has 0 aromatic heterocycles. The summed E-state index contributed by atoms with van der Waals surface area (Å²) in [6.07, 6.45) is 2.05. The van der Waals surface area contributed by atoms with Gasteiger partial charge in [-0.1, -0.05) is 50.2 Å². The van der Waals surface area contributed by atoms with Crippen LogP contribution in [0.3, 0.4) is 0 Å². The molecule has 0 fully saturated rings. The SMILES string of the molecule is CCc1cccc(C)c1NC(CC)c1ccccc1OC. The highest BCUT2D eigenvalue weighted by Gasteiger charge is 2.16. The number of benzene rings is 2. The fraction of sp³-hybridized carbons (Fsp3) is 0.368. The first-order valence-corrected chi connectivity index (χ1v) is 7.69. The van der Waals surface area contributed by atoms with E-state index in [2.05, 4.69) is 56.4 Å². The van der Waals surface area contributed by atoms with E-state index in [-0.39, 0.29) is 6.04 Å². The number of aryl methyl sites for hydroxylation is 2. The number of hydrogen-bond donors (Lipinski definition) is 1. The third-order valence-corrected chi connectivity index (χ3v) is 3.98. The lowest BCUT2D eigenvalue weighted by molar-refractivity contribution is 0.406. The molecule has 2 rings (SSSR count). The number of para-hydroxylation sites is 2. The van der Waals surface area contributed by atoms with Crippen LogP contribution >= 0.6 is 0 Å². The minimum Gasteiger partial charge on any atom is -0.496 e. The summed E-state index contributed by atoms with van der Waals surface area (Å²) < 4.78 is 5.51. The fourth-order valence-electron chi connectivity index (χ4n) is 2.76. The molecule has 0 aliphatic heterocycles. The van der Waals surface area contributed by atoms with Crippen molar-refractivity contribution in [3.63, 3.8) is 0 Å². The molecule has 0 aliphatic carbocycles. The first-order valence-electron chi connectivity index (χ1n) is 7.69. The van der Waals surface area contributed by atoms with Gasteiger partial charge in [0.15, 0.2) is 0 Å². The van der Waals surface area contributed by atoms with Gasteiger partial charge < -0.3 is 10.1 Å². The Labute approximate surface area is 128 Å². The van der Waals surface area contributed by atoms with Gasteiger partial charge in [-0.3, -0.25) is 0 Å². The van der Waals surface area contributed by atoms with Crippen molar-refractivity contribution in [2.24, 2.45) is 0 Å². The van der Waals surface area contributed by atoms with Gasteiger partial charge in [-0.05, 0) is 37.0 Å². The van der Waals surface area contributed by atoms with Crippen LogP contribution in [0.15, 0.2) is 42.5 Å². The first-order chi connectivity index (χ1) is 10.2. The van der Waals surface area contributed by atoms with Crippen molar-refractivity contribution in [1.82, 2.24) is 0 Å². The topological polar surface area (TPSA) is 21.3 Å². The molecule has 21 heavy (non-hydrogen) atoms. The lowest BCUT2D eigenvalue weighted by atomic mass is 10.00. The Morgan fingerprint density at radius 3 is 2.48 bits per heavy atom. The van der Waals surface area contributed by atoms with Crippen LogP contribution in [0.2, 0.25) is 0 Å². The number of hydrogen-bond acceptors (Lipinski definition) is 2. The molecule has 2 heteroatoms. The summed E-state index contributed by atoms with van der Waals surface area (Å²) >= 11 is 0. The smallest absolute Gasteiger partial charge is 0.124 e. The normalized spacial score (nSPS) is 12.0. The maximum Gasteiger partial charge on any atom is 0.124 e. The van der Waals surface area contributed by atoms with E-state index in [0.29, 0.717) is 0 Å². The summed E-state index contributed by atoms with van der Waals surface area (Å²) in [4.78, 5) is 0. The molecule has 2 aromatic carbocycles. The zero-order valence-corrected chi connectivity index (χ0v) is 13.4. The number of anilines is 1. The average molecular weight is 283 g/mol. The lowest BCUT2D eigenvalue weighted by Gasteiger charge is -2.24. The molecule has 0 amide bonds. The summed E-state index contributed by atoms with van der Waals surface area (Å²) in [5, 5.41) is 3.73. The second-order valence-electron chi connectivity index (χ2n) is 5.31. The van der Waals surface area contributed by atoms with Crippen LogP contribution in [0.1, 0.15) is 43.0 Å². The quantitative estimate of drug-likeness (QED) is 0.793. The number of methoxy groups -OCH3 is 1. The zero-order chi connectivity index (χ0) is 15.2. The molecule has 0 aliphatic rings. The van der Waals surface area contributed by atoms with Gasteiger partial charge in [0.2, 0.25) is 0 Å². The number of ether oxygens (including phenoxy) is 1. The van der Waals surface area contributed by atoms with Crippen LogP contribution in [0.25, 0.3) is 0 Å². The Bertz CT molecular complexity index is 592. The number of nitrogens with one attached hydrogen (secondary N) is 1. The Morgan fingerprint density at radius 2 is 1.81 bits per heavy atom. The van der Waals surface area contributed by atoms with Gasteiger partial charge in [0.25, 0.3) is 0 Å². The van der Waals surface area contributed by atoms with Crippen molar-refractivity contribution >= 4 is 5.69 Å². The molecule has 0 radical (unpaired) electrons. The Hall–Kier alpha value is -1.96. The van der Waals surface area contributed by atoms with Gasteiger partial charge in [0.05, 0.1) is 13.2 Å². The highest BCUT2D eigenvalue weighted by Crippen LogP contribution is 2.32. The Kier molecular flexibility index (Phi) is 5.26. The molecule has 1 N–H and O–H groups in total. The molecule has 112 valence electrons. The molecule has 0 spiro atoms. The maximum atomic E-state index is 5.51. The largest absolute Gasteiger partial charge is 0.496 e. The van der Waals surface area contributed by atoms with E-state index in [1.165, 1.54) is 22.4 Å². The first kappa shape index (κ1) is 15.4. The standard InChI is InChI=1S/C19H25NO/c1-5-15-11-9-10-14(3)19(15)20-17(6-2)16-12-7-8-13-18(16)21-4/h7-13,17,20H,5-6H2,1-4H3. The van der Waals surface area contributed by atoms with Crippen molar-refractivity contribution < 1.29 is 4.74 Å². The molecule has 2 aromatic rings. The van der Waals surface area contributed by atoms with Crippen molar-refractivity contribution in [2.45, 2.75) is 39.7 Å². The third-order valence-electron chi connectivity index (χ3n) is 3.98.